The highest BCUT2D eigenvalue weighted by Crippen LogP contribution is 2.21. The van der Waals surface area contributed by atoms with Gasteiger partial charge in [-0.15, -0.1) is 0 Å². The Morgan fingerprint density at radius 2 is 2.38 bits per heavy atom. The Bertz CT molecular complexity index is 400. The van der Waals surface area contributed by atoms with Gasteiger partial charge in [0.2, 0.25) is 0 Å². The number of benzene rings is 1. The molecule has 3 nitrogen and oxygen atoms in total. The molecule has 1 aromatic carbocycles. The second-order valence-electron chi connectivity index (χ2n) is 3.95. The molecule has 1 atom stereocenters. The zero-order valence-corrected chi connectivity index (χ0v) is 9.88. The number of carbonyl (C=O) groups is 1. The molecular formula is C12H14ClNO2. The number of carbonyl (C=O) groups excluding carboxylic acids is 1. The normalized spacial score (nSPS) is 19.8. The highest BCUT2D eigenvalue weighted by Gasteiger charge is 2.23. The molecule has 1 aliphatic rings. The van der Waals surface area contributed by atoms with Crippen molar-refractivity contribution in [3.8, 4) is 0 Å². The fourth-order valence-corrected chi connectivity index (χ4v) is 1.90. The number of hydrogen-bond acceptors (Lipinski definition) is 2. The van der Waals surface area contributed by atoms with Crippen LogP contribution in [0.5, 0.6) is 0 Å². The monoisotopic (exact) mass is 239 g/mol. The number of ether oxygens (including phenoxy) is 1. The Labute approximate surface area is 99.7 Å². The van der Waals surface area contributed by atoms with Crippen LogP contribution in [0.3, 0.4) is 0 Å². The first kappa shape index (κ1) is 11.4. The average Bonchev–Trinajstić information content (AvgIpc) is 2.76. The summed E-state index contributed by atoms with van der Waals surface area (Å²) in [6.45, 7) is 2.61. The van der Waals surface area contributed by atoms with Crippen molar-refractivity contribution in [2.24, 2.45) is 0 Å². The van der Waals surface area contributed by atoms with Crippen molar-refractivity contribution in [3.63, 3.8) is 0 Å². The van der Waals surface area contributed by atoms with E-state index in [9.17, 15) is 4.79 Å². The molecule has 2 rings (SSSR count). The van der Waals surface area contributed by atoms with Crippen molar-refractivity contribution in [1.82, 2.24) is 0 Å². The predicted octanol–water partition coefficient (Wildman–Crippen LogP) is 2.77. The standard InChI is InChI=1S/C12H14ClNO2/c1-8-4-5-9(13)7-10(8)14-12(15)11-3-2-6-16-11/h4-5,7,11H,2-3,6H2,1H3,(H,14,15)/t11-/m0/s1. The maximum Gasteiger partial charge on any atom is 0.253 e. The van der Waals surface area contributed by atoms with Crippen molar-refractivity contribution in [2.75, 3.05) is 11.9 Å². The highest BCUT2D eigenvalue weighted by atomic mass is 35.5. The van der Waals surface area contributed by atoms with Crippen LogP contribution in [0.4, 0.5) is 5.69 Å². The Balaban J connectivity index is 2.07. The van der Waals surface area contributed by atoms with E-state index < -0.39 is 0 Å². The van der Waals surface area contributed by atoms with Crippen molar-refractivity contribution >= 4 is 23.2 Å². The average molecular weight is 240 g/mol. The van der Waals surface area contributed by atoms with E-state index in [1.807, 2.05) is 13.0 Å². The Hall–Kier alpha value is -1.06. The molecule has 1 aliphatic heterocycles. The molecule has 1 fully saturated rings. The molecule has 1 saturated heterocycles. The van der Waals surface area contributed by atoms with Gasteiger partial charge >= 0.3 is 0 Å². The van der Waals surface area contributed by atoms with Crippen LogP contribution in [0.25, 0.3) is 0 Å². The lowest BCUT2D eigenvalue weighted by Gasteiger charge is -2.12. The first-order chi connectivity index (χ1) is 7.66. The summed E-state index contributed by atoms with van der Waals surface area (Å²) in [6.07, 6.45) is 1.44. The molecule has 0 aromatic heterocycles. The number of nitrogens with one attached hydrogen (secondary N) is 1. The summed E-state index contributed by atoms with van der Waals surface area (Å²) in [4.78, 5) is 11.8. The third kappa shape index (κ3) is 2.54. The molecule has 0 radical (unpaired) electrons. The van der Waals surface area contributed by atoms with E-state index >= 15 is 0 Å². The zero-order chi connectivity index (χ0) is 11.5. The van der Waals surface area contributed by atoms with Crippen molar-refractivity contribution in [2.45, 2.75) is 25.9 Å². The van der Waals surface area contributed by atoms with Gasteiger partial charge in [0.15, 0.2) is 0 Å². The molecule has 16 heavy (non-hydrogen) atoms. The molecule has 0 bridgehead atoms. The predicted molar refractivity (Wildman–Crippen MR) is 63.8 cm³/mol. The SMILES string of the molecule is Cc1ccc(Cl)cc1NC(=O)[C@@H]1CCCO1. The van der Waals surface area contributed by atoms with Crippen LogP contribution in [0.1, 0.15) is 18.4 Å². The van der Waals surface area contributed by atoms with Gasteiger partial charge in [-0.05, 0) is 37.5 Å². The van der Waals surface area contributed by atoms with Gasteiger partial charge in [0.1, 0.15) is 6.10 Å². The maximum atomic E-state index is 11.8. The van der Waals surface area contributed by atoms with Gasteiger partial charge in [0, 0.05) is 17.3 Å². The molecule has 1 aromatic rings. The Kier molecular flexibility index (Phi) is 3.46. The van der Waals surface area contributed by atoms with Crippen LogP contribution in [-0.4, -0.2) is 18.6 Å². The fourth-order valence-electron chi connectivity index (χ4n) is 1.73. The lowest BCUT2D eigenvalue weighted by atomic mass is 10.2. The minimum Gasteiger partial charge on any atom is -0.368 e. The molecule has 0 aliphatic carbocycles. The minimum atomic E-state index is -0.307. The van der Waals surface area contributed by atoms with E-state index in [0.717, 1.165) is 24.1 Å². The van der Waals surface area contributed by atoms with Crippen LogP contribution in [0, 0.1) is 6.92 Å². The molecule has 0 unspecified atom stereocenters. The van der Waals surface area contributed by atoms with Gasteiger partial charge in [-0.1, -0.05) is 17.7 Å². The topological polar surface area (TPSA) is 38.3 Å². The molecular weight excluding hydrogens is 226 g/mol. The van der Waals surface area contributed by atoms with E-state index in [1.165, 1.54) is 0 Å². The number of anilines is 1. The van der Waals surface area contributed by atoms with Gasteiger partial charge in [-0.3, -0.25) is 4.79 Å². The molecule has 4 heteroatoms. The van der Waals surface area contributed by atoms with Gasteiger partial charge in [-0.25, -0.2) is 0 Å². The van der Waals surface area contributed by atoms with Crippen molar-refractivity contribution in [1.29, 1.82) is 0 Å². The number of aryl methyl sites for hydroxylation is 1. The maximum absolute atomic E-state index is 11.8. The molecule has 1 amide bonds. The molecule has 86 valence electrons. The van der Waals surface area contributed by atoms with E-state index in [1.54, 1.807) is 12.1 Å². The summed E-state index contributed by atoms with van der Waals surface area (Å²) in [6, 6.07) is 5.44. The third-order valence-corrected chi connectivity index (χ3v) is 2.91. The van der Waals surface area contributed by atoms with Gasteiger partial charge in [-0.2, -0.15) is 0 Å². The number of hydrogen-bond donors (Lipinski definition) is 1. The Morgan fingerprint density at radius 1 is 1.56 bits per heavy atom. The van der Waals surface area contributed by atoms with Crippen LogP contribution in [0.2, 0.25) is 5.02 Å². The summed E-state index contributed by atoms with van der Waals surface area (Å²) in [5.41, 5.74) is 1.75. The second kappa shape index (κ2) is 4.85. The smallest absolute Gasteiger partial charge is 0.253 e. The van der Waals surface area contributed by atoms with Crippen LogP contribution in [0.15, 0.2) is 18.2 Å². The largest absolute Gasteiger partial charge is 0.368 e. The van der Waals surface area contributed by atoms with E-state index in [2.05, 4.69) is 5.32 Å². The molecule has 1 heterocycles. The summed E-state index contributed by atoms with van der Waals surface area (Å²) in [5, 5.41) is 3.46. The molecule has 1 N–H and O–H groups in total. The molecule has 0 saturated carbocycles. The second-order valence-corrected chi connectivity index (χ2v) is 4.39. The highest BCUT2D eigenvalue weighted by molar-refractivity contribution is 6.31. The molecule has 0 spiro atoms. The van der Waals surface area contributed by atoms with Gasteiger partial charge in [0.25, 0.3) is 5.91 Å². The fraction of sp³-hybridized carbons (Fsp3) is 0.417. The first-order valence-electron chi connectivity index (χ1n) is 5.35. The number of amides is 1. The summed E-state index contributed by atoms with van der Waals surface area (Å²) in [7, 11) is 0. The lowest BCUT2D eigenvalue weighted by molar-refractivity contribution is -0.124. The van der Waals surface area contributed by atoms with Crippen LogP contribution in [-0.2, 0) is 9.53 Å². The lowest BCUT2D eigenvalue weighted by Crippen LogP contribution is -2.27. The third-order valence-electron chi connectivity index (χ3n) is 2.68. The number of rotatable bonds is 2. The van der Waals surface area contributed by atoms with E-state index in [0.29, 0.717) is 11.6 Å². The van der Waals surface area contributed by atoms with Crippen molar-refractivity contribution < 1.29 is 9.53 Å². The summed E-state index contributed by atoms with van der Waals surface area (Å²) < 4.78 is 5.31. The van der Waals surface area contributed by atoms with Crippen molar-refractivity contribution in [3.05, 3.63) is 28.8 Å². The van der Waals surface area contributed by atoms with E-state index in [-0.39, 0.29) is 12.0 Å². The summed E-state index contributed by atoms with van der Waals surface area (Å²) in [5.74, 6) is -0.0807. The van der Waals surface area contributed by atoms with Gasteiger partial charge < -0.3 is 10.1 Å². The van der Waals surface area contributed by atoms with E-state index in [4.69, 9.17) is 16.3 Å². The summed E-state index contributed by atoms with van der Waals surface area (Å²) >= 11 is 5.88. The Morgan fingerprint density at radius 3 is 3.06 bits per heavy atom. The number of halogens is 1. The first-order valence-corrected chi connectivity index (χ1v) is 5.73. The van der Waals surface area contributed by atoms with Crippen LogP contribution >= 0.6 is 11.6 Å². The zero-order valence-electron chi connectivity index (χ0n) is 9.13. The minimum absolute atomic E-state index is 0.0807. The van der Waals surface area contributed by atoms with Gasteiger partial charge in [0.05, 0.1) is 0 Å². The van der Waals surface area contributed by atoms with Crippen LogP contribution < -0.4 is 5.32 Å². The quantitative estimate of drug-likeness (QED) is 0.862.